The summed E-state index contributed by atoms with van der Waals surface area (Å²) >= 11 is 0. The summed E-state index contributed by atoms with van der Waals surface area (Å²) in [6, 6.07) is 9.58. The SMILES string of the molecule is COc1ccc(CN2C(=O)CCC2c2nc(-c3ccc(OC)c(OC)c3)no2)cc1F. The molecular formula is C22H22FN3O5. The van der Waals surface area contributed by atoms with Crippen molar-refractivity contribution in [3.05, 3.63) is 53.7 Å². The summed E-state index contributed by atoms with van der Waals surface area (Å²) in [7, 11) is 4.52. The Balaban J connectivity index is 1.57. The van der Waals surface area contributed by atoms with Gasteiger partial charge in [-0.1, -0.05) is 11.2 Å². The van der Waals surface area contributed by atoms with Crippen molar-refractivity contribution in [3.8, 4) is 28.6 Å². The van der Waals surface area contributed by atoms with Crippen LogP contribution in [0, 0.1) is 5.82 Å². The van der Waals surface area contributed by atoms with Gasteiger partial charge in [0.15, 0.2) is 23.1 Å². The van der Waals surface area contributed by atoms with Crippen molar-refractivity contribution in [2.45, 2.75) is 25.4 Å². The number of hydrogen-bond donors (Lipinski definition) is 0. The fourth-order valence-corrected chi connectivity index (χ4v) is 3.66. The van der Waals surface area contributed by atoms with E-state index >= 15 is 0 Å². The lowest BCUT2D eigenvalue weighted by Crippen LogP contribution is -2.27. The molecule has 2 heterocycles. The van der Waals surface area contributed by atoms with Crippen molar-refractivity contribution < 1.29 is 27.9 Å². The average molecular weight is 427 g/mol. The number of carbonyl (C=O) groups excluding carboxylic acids is 1. The fraction of sp³-hybridized carbons (Fsp3) is 0.318. The standard InChI is InChI=1S/C22H22FN3O5/c1-28-17-7-4-13(10-15(17)23)12-26-16(6-9-20(26)27)22-24-21(25-31-22)14-5-8-18(29-2)19(11-14)30-3/h4-5,7-8,10-11,16H,6,9,12H2,1-3H3. The topological polar surface area (TPSA) is 86.9 Å². The predicted octanol–water partition coefficient (Wildman–Crippen LogP) is 3.77. The Hall–Kier alpha value is -3.62. The van der Waals surface area contributed by atoms with Crippen LogP contribution in [-0.4, -0.2) is 42.3 Å². The summed E-state index contributed by atoms with van der Waals surface area (Å²) in [5.41, 5.74) is 1.35. The maximum Gasteiger partial charge on any atom is 0.249 e. The molecule has 0 bridgehead atoms. The molecule has 31 heavy (non-hydrogen) atoms. The summed E-state index contributed by atoms with van der Waals surface area (Å²) in [5.74, 6) is 1.49. The number of methoxy groups -OCH3 is 3. The zero-order valence-corrected chi connectivity index (χ0v) is 17.4. The molecule has 0 radical (unpaired) electrons. The van der Waals surface area contributed by atoms with Gasteiger partial charge in [-0.15, -0.1) is 0 Å². The van der Waals surface area contributed by atoms with Gasteiger partial charge in [0.05, 0.1) is 21.3 Å². The van der Waals surface area contributed by atoms with Gasteiger partial charge in [0, 0.05) is 18.5 Å². The van der Waals surface area contributed by atoms with Gasteiger partial charge < -0.3 is 23.6 Å². The number of benzene rings is 2. The molecule has 0 saturated carbocycles. The van der Waals surface area contributed by atoms with Gasteiger partial charge in [0.25, 0.3) is 0 Å². The van der Waals surface area contributed by atoms with E-state index in [0.717, 1.165) is 0 Å². The van der Waals surface area contributed by atoms with E-state index in [1.54, 1.807) is 49.5 Å². The molecule has 0 spiro atoms. The van der Waals surface area contributed by atoms with E-state index < -0.39 is 5.82 Å². The summed E-state index contributed by atoms with van der Waals surface area (Å²) < 4.78 is 35.1. The smallest absolute Gasteiger partial charge is 0.249 e. The fourth-order valence-electron chi connectivity index (χ4n) is 3.66. The van der Waals surface area contributed by atoms with Crippen LogP contribution < -0.4 is 14.2 Å². The van der Waals surface area contributed by atoms with Crippen molar-refractivity contribution in [2.24, 2.45) is 0 Å². The van der Waals surface area contributed by atoms with Crippen LogP contribution in [0.1, 0.15) is 30.3 Å². The molecule has 8 nitrogen and oxygen atoms in total. The van der Waals surface area contributed by atoms with Crippen LogP contribution in [0.15, 0.2) is 40.9 Å². The van der Waals surface area contributed by atoms with Crippen molar-refractivity contribution in [1.29, 1.82) is 0 Å². The lowest BCUT2D eigenvalue weighted by Gasteiger charge is -2.22. The van der Waals surface area contributed by atoms with Gasteiger partial charge in [-0.3, -0.25) is 4.79 Å². The zero-order valence-electron chi connectivity index (χ0n) is 17.4. The monoisotopic (exact) mass is 427 g/mol. The van der Waals surface area contributed by atoms with E-state index in [1.165, 1.54) is 13.2 Å². The van der Waals surface area contributed by atoms with Crippen LogP contribution in [0.3, 0.4) is 0 Å². The average Bonchev–Trinajstić information content (AvgIpc) is 3.41. The second kappa shape index (κ2) is 8.63. The minimum Gasteiger partial charge on any atom is -0.494 e. The minimum absolute atomic E-state index is 0.0490. The summed E-state index contributed by atoms with van der Waals surface area (Å²) in [6.45, 7) is 0.235. The van der Waals surface area contributed by atoms with E-state index in [0.29, 0.717) is 47.2 Å². The Morgan fingerprint density at radius 1 is 1.06 bits per heavy atom. The van der Waals surface area contributed by atoms with E-state index in [2.05, 4.69) is 10.1 Å². The van der Waals surface area contributed by atoms with Gasteiger partial charge in [-0.2, -0.15) is 4.98 Å². The molecule has 1 fully saturated rings. The predicted molar refractivity (Wildman–Crippen MR) is 108 cm³/mol. The van der Waals surface area contributed by atoms with Crippen LogP contribution in [0.25, 0.3) is 11.4 Å². The molecule has 1 saturated heterocycles. The number of aromatic nitrogens is 2. The molecule has 162 valence electrons. The summed E-state index contributed by atoms with van der Waals surface area (Å²) in [6.07, 6.45) is 0.905. The van der Waals surface area contributed by atoms with Gasteiger partial charge in [-0.25, -0.2) is 4.39 Å². The van der Waals surface area contributed by atoms with Crippen LogP contribution in [-0.2, 0) is 11.3 Å². The van der Waals surface area contributed by atoms with Crippen LogP contribution in [0.2, 0.25) is 0 Å². The highest BCUT2D eigenvalue weighted by Gasteiger charge is 2.36. The first kappa shape index (κ1) is 20.6. The molecule has 9 heteroatoms. The summed E-state index contributed by atoms with van der Waals surface area (Å²) in [4.78, 5) is 18.6. The molecule has 0 N–H and O–H groups in total. The van der Waals surface area contributed by atoms with E-state index in [4.69, 9.17) is 18.7 Å². The third-order valence-corrected chi connectivity index (χ3v) is 5.27. The highest BCUT2D eigenvalue weighted by Crippen LogP contribution is 2.36. The normalized spacial score (nSPS) is 15.9. The number of halogens is 1. The van der Waals surface area contributed by atoms with E-state index in [1.807, 2.05) is 0 Å². The Morgan fingerprint density at radius 2 is 1.81 bits per heavy atom. The number of nitrogens with zero attached hydrogens (tertiary/aromatic N) is 3. The Labute approximate surface area is 178 Å². The largest absolute Gasteiger partial charge is 0.494 e. The van der Waals surface area contributed by atoms with Crippen molar-refractivity contribution in [1.82, 2.24) is 15.0 Å². The third-order valence-electron chi connectivity index (χ3n) is 5.27. The third kappa shape index (κ3) is 4.03. The number of ether oxygens (including phenoxy) is 3. The number of likely N-dealkylation sites (tertiary alicyclic amines) is 1. The minimum atomic E-state index is -0.475. The number of hydrogen-bond acceptors (Lipinski definition) is 7. The molecule has 1 aromatic heterocycles. The van der Waals surface area contributed by atoms with Crippen molar-refractivity contribution >= 4 is 5.91 Å². The number of rotatable bonds is 7. The Kier molecular flexibility index (Phi) is 5.75. The lowest BCUT2D eigenvalue weighted by atomic mass is 10.1. The van der Waals surface area contributed by atoms with Crippen molar-refractivity contribution in [3.63, 3.8) is 0 Å². The molecule has 3 aromatic rings. The van der Waals surface area contributed by atoms with Crippen LogP contribution in [0.4, 0.5) is 4.39 Å². The molecule has 1 aliphatic heterocycles. The molecule has 4 rings (SSSR count). The molecule has 1 unspecified atom stereocenters. The second-order valence-electron chi connectivity index (χ2n) is 7.07. The molecule has 0 aliphatic carbocycles. The number of amides is 1. The van der Waals surface area contributed by atoms with Crippen LogP contribution >= 0.6 is 0 Å². The first-order chi connectivity index (χ1) is 15.0. The van der Waals surface area contributed by atoms with Gasteiger partial charge in [0.2, 0.25) is 17.6 Å². The second-order valence-corrected chi connectivity index (χ2v) is 7.07. The van der Waals surface area contributed by atoms with Gasteiger partial charge >= 0.3 is 0 Å². The zero-order chi connectivity index (χ0) is 22.0. The lowest BCUT2D eigenvalue weighted by molar-refractivity contribution is -0.130. The number of carbonyl (C=O) groups is 1. The van der Waals surface area contributed by atoms with Crippen molar-refractivity contribution in [2.75, 3.05) is 21.3 Å². The van der Waals surface area contributed by atoms with Gasteiger partial charge in [0.1, 0.15) is 6.04 Å². The highest BCUT2D eigenvalue weighted by molar-refractivity contribution is 5.79. The molecule has 2 aromatic carbocycles. The van der Waals surface area contributed by atoms with E-state index in [9.17, 15) is 9.18 Å². The molecular weight excluding hydrogens is 405 g/mol. The van der Waals surface area contributed by atoms with E-state index in [-0.39, 0.29) is 24.2 Å². The molecule has 1 atom stereocenters. The highest BCUT2D eigenvalue weighted by atomic mass is 19.1. The maximum absolute atomic E-state index is 14.1. The molecule has 1 aliphatic rings. The summed E-state index contributed by atoms with van der Waals surface area (Å²) in [5, 5.41) is 4.07. The Morgan fingerprint density at radius 3 is 2.52 bits per heavy atom. The maximum atomic E-state index is 14.1. The first-order valence-electron chi connectivity index (χ1n) is 9.72. The molecule has 1 amide bonds. The van der Waals surface area contributed by atoms with Crippen LogP contribution in [0.5, 0.6) is 17.2 Å². The van der Waals surface area contributed by atoms with Gasteiger partial charge in [-0.05, 0) is 42.3 Å². The Bertz CT molecular complexity index is 1100. The quantitative estimate of drug-likeness (QED) is 0.567. The first-order valence-corrected chi connectivity index (χ1v) is 9.72.